The van der Waals surface area contributed by atoms with E-state index in [0.29, 0.717) is 24.7 Å². The lowest BCUT2D eigenvalue weighted by molar-refractivity contribution is -0.142. The molecule has 118 valence electrons. The van der Waals surface area contributed by atoms with Gasteiger partial charge in [-0.15, -0.1) is 5.10 Å². The van der Waals surface area contributed by atoms with Crippen molar-refractivity contribution in [1.29, 1.82) is 0 Å². The fourth-order valence-corrected chi connectivity index (χ4v) is 1.83. The van der Waals surface area contributed by atoms with Gasteiger partial charge in [-0.3, -0.25) is 9.59 Å². The summed E-state index contributed by atoms with van der Waals surface area (Å²) in [4.78, 5) is 25.2. The Labute approximate surface area is 124 Å². The lowest BCUT2D eigenvalue weighted by Crippen LogP contribution is -2.38. The third-order valence-electron chi connectivity index (χ3n) is 2.84. The van der Waals surface area contributed by atoms with E-state index in [1.165, 1.54) is 11.8 Å². The van der Waals surface area contributed by atoms with E-state index in [9.17, 15) is 9.59 Å². The van der Waals surface area contributed by atoms with Gasteiger partial charge in [0, 0.05) is 19.6 Å². The summed E-state index contributed by atoms with van der Waals surface area (Å²) in [6, 6.07) is 0. The number of ether oxygens (including phenoxy) is 1. The summed E-state index contributed by atoms with van der Waals surface area (Å²) in [6.45, 7) is 5.31. The van der Waals surface area contributed by atoms with Crippen LogP contribution in [0.15, 0.2) is 6.20 Å². The Hall–Kier alpha value is -1.96. The van der Waals surface area contributed by atoms with Crippen LogP contribution in [0.3, 0.4) is 0 Å². The molecule has 1 aromatic rings. The summed E-state index contributed by atoms with van der Waals surface area (Å²) in [5.74, 6) is -0.134. The first-order valence-corrected chi connectivity index (χ1v) is 6.90. The van der Waals surface area contributed by atoms with Crippen molar-refractivity contribution in [1.82, 2.24) is 19.9 Å². The maximum absolute atomic E-state index is 12.3. The van der Waals surface area contributed by atoms with E-state index < -0.39 is 0 Å². The van der Waals surface area contributed by atoms with E-state index in [4.69, 9.17) is 5.73 Å². The smallest absolute Gasteiger partial charge is 0.307 e. The van der Waals surface area contributed by atoms with Crippen LogP contribution in [0.1, 0.15) is 26.0 Å². The molecule has 1 aromatic heterocycles. The molecule has 0 radical (unpaired) electrons. The number of esters is 1. The number of carbonyl (C=O) groups is 2. The minimum Gasteiger partial charge on any atom is -0.469 e. The second kappa shape index (κ2) is 8.35. The Balaban J connectivity index is 2.63. The fourth-order valence-electron chi connectivity index (χ4n) is 1.83. The van der Waals surface area contributed by atoms with Crippen molar-refractivity contribution in [2.45, 2.75) is 33.4 Å². The molecule has 0 atom stereocenters. The van der Waals surface area contributed by atoms with E-state index in [0.717, 1.165) is 0 Å². The van der Waals surface area contributed by atoms with Crippen molar-refractivity contribution in [2.24, 2.45) is 11.7 Å². The average molecular weight is 297 g/mol. The van der Waals surface area contributed by atoms with Crippen molar-refractivity contribution in [3.8, 4) is 0 Å². The zero-order valence-electron chi connectivity index (χ0n) is 12.8. The number of nitrogens with zero attached hydrogens (tertiary/aromatic N) is 4. The summed E-state index contributed by atoms with van der Waals surface area (Å²) in [7, 11) is 1.33. The molecule has 0 spiro atoms. The maximum atomic E-state index is 12.3. The zero-order valence-corrected chi connectivity index (χ0v) is 12.8. The molecule has 8 heteroatoms. The number of methoxy groups -OCH3 is 1. The zero-order chi connectivity index (χ0) is 15.8. The summed E-state index contributed by atoms with van der Waals surface area (Å²) in [5, 5.41) is 7.69. The lowest BCUT2D eigenvalue weighted by Gasteiger charge is -2.24. The van der Waals surface area contributed by atoms with Gasteiger partial charge in [0.05, 0.1) is 25.4 Å². The predicted octanol–water partition coefficient (Wildman–Crippen LogP) is -0.215. The molecule has 0 bridgehead atoms. The predicted molar refractivity (Wildman–Crippen MR) is 76.0 cm³/mol. The highest BCUT2D eigenvalue weighted by Gasteiger charge is 2.17. The fraction of sp³-hybridized carbons (Fsp3) is 0.692. The second-order valence-corrected chi connectivity index (χ2v) is 5.17. The molecule has 0 aliphatic rings. The van der Waals surface area contributed by atoms with Gasteiger partial charge in [0.25, 0.3) is 0 Å². The maximum Gasteiger partial charge on any atom is 0.307 e. The molecule has 0 aliphatic carbocycles. The quantitative estimate of drug-likeness (QED) is 0.666. The van der Waals surface area contributed by atoms with Crippen LogP contribution in [0.25, 0.3) is 0 Å². The summed E-state index contributed by atoms with van der Waals surface area (Å²) >= 11 is 0. The minimum atomic E-state index is -0.331. The van der Waals surface area contributed by atoms with E-state index in [2.05, 4.69) is 15.0 Å². The molecule has 1 amide bonds. The first-order chi connectivity index (χ1) is 9.96. The number of aromatic nitrogens is 3. The number of carbonyl (C=O) groups excluding carboxylic acids is 2. The van der Waals surface area contributed by atoms with Gasteiger partial charge in [-0.1, -0.05) is 19.1 Å². The van der Waals surface area contributed by atoms with Gasteiger partial charge < -0.3 is 15.4 Å². The Morgan fingerprint density at radius 3 is 2.71 bits per heavy atom. The molecule has 0 fully saturated rings. The third kappa shape index (κ3) is 5.90. The Bertz CT molecular complexity index is 472. The molecule has 0 unspecified atom stereocenters. The number of amides is 1. The van der Waals surface area contributed by atoms with Gasteiger partial charge in [0.1, 0.15) is 6.54 Å². The van der Waals surface area contributed by atoms with Crippen molar-refractivity contribution in [3.63, 3.8) is 0 Å². The Morgan fingerprint density at radius 1 is 1.48 bits per heavy atom. The van der Waals surface area contributed by atoms with Crippen LogP contribution in [0, 0.1) is 5.92 Å². The standard InChI is InChI=1S/C13H23N5O3/c1-10(2)7-17(5-4-13(20)21-3)12(19)9-18-8-11(6-14)15-16-18/h8,10H,4-7,9,14H2,1-3H3. The molecule has 1 heterocycles. The van der Waals surface area contributed by atoms with Crippen LogP contribution in [0.4, 0.5) is 0 Å². The van der Waals surface area contributed by atoms with Crippen molar-refractivity contribution in [3.05, 3.63) is 11.9 Å². The largest absolute Gasteiger partial charge is 0.469 e. The summed E-state index contributed by atoms with van der Waals surface area (Å²) in [5.41, 5.74) is 6.09. The van der Waals surface area contributed by atoms with Crippen molar-refractivity contribution >= 4 is 11.9 Å². The highest BCUT2D eigenvalue weighted by molar-refractivity contribution is 5.77. The first kappa shape index (κ1) is 17.1. The van der Waals surface area contributed by atoms with Crippen molar-refractivity contribution in [2.75, 3.05) is 20.2 Å². The Kier molecular flexibility index (Phi) is 6.80. The molecular weight excluding hydrogens is 274 g/mol. The normalized spacial score (nSPS) is 10.7. The molecule has 0 saturated heterocycles. The van der Waals surface area contributed by atoms with Crippen LogP contribution in [0.2, 0.25) is 0 Å². The Morgan fingerprint density at radius 2 is 2.19 bits per heavy atom. The highest BCUT2D eigenvalue weighted by Crippen LogP contribution is 2.03. The van der Waals surface area contributed by atoms with Crippen LogP contribution in [-0.4, -0.2) is 52.0 Å². The van der Waals surface area contributed by atoms with Gasteiger partial charge in [0.15, 0.2) is 0 Å². The van der Waals surface area contributed by atoms with Gasteiger partial charge in [0.2, 0.25) is 5.91 Å². The number of hydrogen-bond acceptors (Lipinski definition) is 6. The number of hydrogen-bond donors (Lipinski definition) is 1. The first-order valence-electron chi connectivity index (χ1n) is 6.90. The SMILES string of the molecule is COC(=O)CCN(CC(C)C)C(=O)Cn1cc(CN)nn1. The lowest BCUT2D eigenvalue weighted by atomic mass is 10.2. The summed E-state index contributed by atoms with van der Waals surface area (Å²) < 4.78 is 6.06. The number of nitrogens with two attached hydrogens (primary N) is 1. The monoisotopic (exact) mass is 297 g/mol. The minimum absolute atomic E-state index is 0.0842. The molecule has 1 rings (SSSR count). The van der Waals surface area contributed by atoms with E-state index in [-0.39, 0.29) is 31.4 Å². The summed E-state index contributed by atoms with van der Waals surface area (Å²) in [6.07, 6.45) is 1.83. The molecule has 0 aromatic carbocycles. The molecular formula is C13H23N5O3. The van der Waals surface area contributed by atoms with E-state index in [1.807, 2.05) is 13.8 Å². The highest BCUT2D eigenvalue weighted by atomic mass is 16.5. The molecule has 2 N–H and O–H groups in total. The van der Waals surface area contributed by atoms with Crippen LogP contribution in [-0.2, 0) is 27.4 Å². The van der Waals surface area contributed by atoms with Gasteiger partial charge in [-0.2, -0.15) is 0 Å². The van der Waals surface area contributed by atoms with Gasteiger partial charge >= 0.3 is 5.97 Å². The molecule has 0 aliphatic heterocycles. The average Bonchev–Trinajstić information content (AvgIpc) is 2.90. The molecule has 21 heavy (non-hydrogen) atoms. The van der Waals surface area contributed by atoms with Gasteiger partial charge in [-0.05, 0) is 5.92 Å². The van der Waals surface area contributed by atoms with E-state index in [1.54, 1.807) is 11.1 Å². The van der Waals surface area contributed by atoms with Gasteiger partial charge in [-0.25, -0.2) is 4.68 Å². The number of rotatable bonds is 8. The molecule has 0 saturated carbocycles. The van der Waals surface area contributed by atoms with Crippen LogP contribution >= 0.6 is 0 Å². The molecule has 8 nitrogen and oxygen atoms in total. The van der Waals surface area contributed by atoms with Crippen LogP contribution in [0.5, 0.6) is 0 Å². The topological polar surface area (TPSA) is 103 Å². The van der Waals surface area contributed by atoms with Crippen LogP contribution < -0.4 is 5.73 Å². The van der Waals surface area contributed by atoms with E-state index >= 15 is 0 Å². The second-order valence-electron chi connectivity index (χ2n) is 5.17. The third-order valence-corrected chi connectivity index (χ3v) is 2.84. The van der Waals surface area contributed by atoms with Crippen molar-refractivity contribution < 1.29 is 14.3 Å².